The van der Waals surface area contributed by atoms with Gasteiger partial charge in [0.1, 0.15) is 17.2 Å². The Balaban J connectivity index is 2.93. The first kappa shape index (κ1) is 15.6. The van der Waals surface area contributed by atoms with Crippen LogP contribution in [-0.4, -0.2) is 20.2 Å². The van der Waals surface area contributed by atoms with Gasteiger partial charge in [0.25, 0.3) is 5.56 Å². The number of aromatic nitrogens is 2. The van der Waals surface area contributed by atoms with E-state index in [0.717, 1.165) is 22.9 Å². The van der Waals surface area contributed by atoms with Gasteiger partial charge in [-0.3, -0.25) is 9.36 Å². The summed E-state index contributed by atoms with van der Waals surface area (Å²) < 4.78 is 28.1. The number of carboxylic acids is 1. The minimum atomic E-state index is -1.54. The number of nitrogens with zero attached hydrogens (tertiary/aromatic N) is 2. The zero-order valence-corrected chi connectivity index (χ0v) is 11.7. The summed E-state index contributed by atoms with van der Waals surface area (Å²) >= 11 is 0. The predicted molar refractivity (Wildman–Crippen MR) is 73.6 cm³/mol. The molecule has 0 atom stereocenters. The molecule has 2 aromatic rings. The van der Waals surface area contributed by atoms with Crippen molar-refractivity contribution in [1.29, 1.82) is 0 Å². The fourth-order valence-corrected chi connectivity index (χ4v) is 1.99. The van der Waals surface area contributed by atoms with E-state index in [2.05, 4.69) is 0 Å². The van der Waals surface area contributed by atoms with E-state index in [-0.39, 0.29) is 5.69 Å². The number of carbonyl (C=O) groups is 1. The summed E-state index contributed by atoms with van der Waals surface area (Å²) in [5, 5.41) is 9.07. The number of halogens is 2. The molecule has 0 spiro atoms. The van der Waals surface area contributed by atoms with E-state index in [1.165, 1.54) is 0 Å². The van der Waals surface area contributed by atoms with Crippen LogP contribution in [0.1, 0.15) is 30.2 Å². The highest BCUT2D eigenvalue weighted by molar-refractivity contribution is 5.86. The third kappa shape index (κ3) is 2.67. The van der Waals surface area contributed by atoms with Crippen molar-refractivity contribution in [3.05, 3.63) is 62.4 Å². The number of hydrogen-bond acceptors (Lipinski definition) is 3. The molecule has 0 amide bonds. The van der Waals surface area contributed by atoms with E-state index in [1.807, 2.05) is 0 Å². The second-order valence-corrected chi connectivity index (χ2v) is 4.90. The van der Waals surface area contributed by atoms with Crippen molar-refractivity contribution in [1.82, 2.24) is 9.13 Å². The summed E-state index contributed by atoms with van der Waals surface area (Å²) in [4.78, 5) is 35.6. The largest absolute Gasteiger partial charge is 0.477 e. The summed E-state index contributed by atoms with van der Waals surface area (Å²) in [6.07, 6.45) is 0.920. The number of aromatic carboxylic acids is 1. The van der Waals surface area contributed by atoms with Gasteiger partial charge >= 0.3 is 11.7 Å². The highest BCUT2D eigenvalue weighted by Crippen LogP contribution is 2.11. The molecule has 0 fully saturated rings. The van der Waals surface area contributed by atoms with E-state index in [9.17, 15) is 23.2 Å². The van der Waals surface area contributed by atoms with Crippen molar-refractivity contribution >= 4 is 5.97 Å². The average molecular weight is 310 g/mol. The molecule has 116 valence electrons. The van der Waals surface area contributed by atoms with Crippen LogP contribution in [0.3, 0.4) is 0 Å². The maximum absolute atomic E-state index is 13.3. The molecule has 0 saturated heterocycles. The Labute approximate surface area is 122 Å². The average Bonchev–Trinajstić information content (AvgIpc) is 2.36. The number of benzene rings is 1. The topological polar surface area (TPSA) is 81.3 Å². The van der Waals surface area contributed by atoms with Crippen LogP contribution in [0.15, 0.2) is 34.0 Å². The van der Waals surface area contributed by atoms with E-state index in [0.29, 0.717) is 10.6 Å². The van der Waals surface area contributed by atoms with Gasteiger partial charge in [0, 0.05) is 18.3 Å². The lowest BCUT2D eigenvalue weighted by molar-refractivity contribution is 0.0693. The van der Waals surface area contributed by atoms with Crippen LogP contribution >= 0.6 is 0 Å². The summed E-state index contributed by atoms with van der Waals surface area (Å²) in [6, 6.07) is 1.69. The van der Waals surface area contributed by atoms with Gasteiger partial charge in [-0.1, -0.05) is 0 Å². The minimum absolute atomic E-state index is 0.370. The van der Waals surface area contributed by atoms with Crippen LogP contribution in [0, 0.1) is 11.6 Å². The highest BCUT2D eigenvalue weighted by atomic mass is 19.1. The maximum atomic E-state index is 13.3. The van der Waals surface area contributed by atoms with Crippen LogP contribution in [0.5, 0.6) is 0 Å². The Bertz CT molecular complexity index is 848. The Hall–Kier alpha value is -2.77. The lowest BCUT2D eigenvalue weighted by Gasteiger charge is -2.14. The van der Waals surface area contributed by atoms with Crippen molar-refractivity contribution in [3.8, 4) is 5.69 Å². The van der Waals surface area contributed by atoms with Crippen LogP contribution in [0.4, 0.5) is 8.78 Å². The third-order valence-electron chi connectivity index (χ3n) is 3.01. The monoisotopic (exact) mass is 310 g/mol. The summed E-state index contributed by atoms with van der Waals surface area (Å²) in [5.41, 5.74) is -3.07. The first-order chi connectivity index (χ1) is 10.2. The molecular weight excluding hydrogens is 298 g/mol. The lowest BCUT2D eigenvalue weighted by atomic mass is 10.2. The molecule has 0 saturated carbocycles. The van der Waals surface area contributed by atoms with Gasteiger partial charge in [0.05, 0.1) is 5.69 Å². The number of hydrogen-bond donors (Lipinski definition) is 1. The van der Waals surface area contributed by atoms with Crippen LogP contribution in [0.25, 0.3) is 5.69 Å². The van der Waals surface area contributed by atoms with Gasteiger partial charge in [-0.25, -0.2) is 22.9 Å². The third-order valence-corrected chi connectivity index (χ3v) is 3.01. The number of carboxylic acid groups (broad SMARTS) is 1. The van der Waals surface area contributed by atoms with E-state index in [1.54, 1.807) is 13.8 Å². The summed E-state index contributed by atoms with van der Waals surface area (Å²) in [7, 11) is 0. The van der Waals surface area contributed by atoms with Crippen molar-refractivity contribution in [2.75, 3.05) is 0 Å². The van der Waals surface area contributed by atoms with Gasteiger partial charge in [0.2, 0.25) is 0 Å². The first-order valence-corrected chi connectivity index (χ1v) is 6.30. The SMILES string of the molecule is CC(C)n1cc(C(=O)O)c(=O)n(-c2cc(F)cc(F)c2)c1=O. The van der Waals surface area contributed by atoms with Crippen molar-refractivity contribution in [2.45, 2.75) is 19.9 Å². The molecule has 1 aromatic heterocycles. The van der Waals surface area contributed by atoms with Gasteiger partial charge in [0.15, 0.2) is 0 Å². The molecule has 0 aliphatic rings. The van der Waals surface area contributed by atoms with Gasteiger partial charge in [-0.05, 0) is 26.0 Å². The molecule has 0 aliphatic carbocycles. The molecule has 1 aromatic carbocycles. The number of rotatable bonds is 3. The van der Waals surface area contributed by atoms with Crippen molar-refractivity contribution < 1.29 is 18.7 Å². The van der Waals surface area contributed by atoms with Gasteiger partial charge < -0.3 is 5.11 Å². The van der Waals surface area contributed by atoms with Crippen molar-refractivity contribution in [2.24, 2.45) is 0 Å². The second-order valence-electron chi connectivity index (χ2n) is 4.90. The standard InChI is InChI=1S/C14H12F2N2O4/c1-7(2)17-6-11(13(20)21)12(19)18(14(17)22)10-4-8(15)3-9(16)5-10/h3-7H,1-2H3,(H,20,21). The molecule has 1 heterocycles. The Kier molecular flexibility index (Phi) is 3.94. The molecule has 22 heavy (non-hydrogen) atoms. The van der Waals surface area contributed by atoms with Gasteiger partial charge in [-0.2, -0.15) is 0 Å². The molecule has 0 aliphatic heterocycles. The quantitative estimate of drug-likeness (QED) is 0.932. The zero-order valence-electron chi connectivity index (χ0n) is 11.7. The van der Waals surface area contributed by atoms with Crippen molar-refractivity contribution in [3.63, 3.8) is 0 Å². The van der Waals surface area contributed by atoms with Crippen LogP contribution in [-0.2, 0) is 0 Å². The molecule has 6 nitrogen and oxygen atoms in total. The van der Waals surface area contributed by atoms with E-state index in [4.69, 9.17) is 5.11 Å². The molecule has 0 radical (unpaired) electrons. The smallest absolute Gasteiger partial charge is 0.342 e. The molecular formula is C14H12F2N2O4. The zero-order chi connectivity index (χ0) is 16.6. The first-order valence-electron chi connectivity index (χ1n) is 6.30. The molecule has 2 rings (SSSR count). The molecule has 8 heteroatoms. The Morgan fingerprint density at radius 3 is 2.14 bits per heavy atom. The fourth-order valence-electron chi connectivity index (χ4n) is 1.99. The molecule has 0 bridgehead atoms. The van der Waals surface area contributed by atoms with E-state index < -0.39 is 40.5 Å². The second kappa shape index (κ2) is 5.55. The van der Waals surface area contributed by atoms with Crippen LogP contribution < -0.4 is 11.2 Å². The van der Waals surface area contributed by atoms with Gasteiger partial charge in [-0.15, -0.1) is 0 Å². The summed E-state index contributed by atoms with van der Waals surface area (Å²) in [5.74, 6) is -3.51. The Morgan fingerprint density at radius 1 is 1.14 bits per heavy atom. The normalized spacial score (nSPS) is 11.0. The lowest BCUT2D eigenvalue weighted by Crippen LogP contribution is -2.42. The van der Waals surface area contributed by atoms with E-state index >= 15 is 0 Å². The predicted octanol–water partition coefficient (Wildman–Crippen LogP) is 1.56. The van der Waals surface area contributed by atoms with Crippen LogP contribution in [0.2, 0.25) is 0 Å². The highest BCUT2D eigenvalue weighted by Gasteiger charge is 2.19. The maximum Gasteiger partial charge on any atom is 0.342 e. The molecule has 1 N–H and O–H groups in total. The summed E-state index contributed by atoms with van der Waals surface area (Å²) in [6.45, 7) is 3.21. The minimum Gasteiger partial charge on any atom is -0.477 e. The molecule has 0 unspecified atom stereocenters. The Morgan fingerprint density at radius 2 is 1.68 bits per heavy atom. The fraction of sp³-hybridized carbons (Fsp3) is 0.214.